The number of hydrogen-bond acceptors (Lipinski definition) is 3. The number of likely N-dealkylation sites (tertiary alicyclic amines) is 1. The Bertz CT molecular complexity index is 1170. The Morgan fingerprint density at radius 3 is 2.42 bits per heavy atom. The maximum Gasteiger partial charge on any atom is 0.259 e. The van der Waals surface area contributed by atoms with Crippen molar-refractivity contribution in [3.63, 3.8) is 0 Å². The van der Waals surface area contributed by atoms with Crippen LogP contribution in [0.2, 0.25) is 0 Å². The smallest absolute Gasteiger partial charge is 0.259 e. The third kappa shape index (κ3) is 3.78. The number of fused-ring (bicyclic) bond motifs is 2. The summed E-state index contributed by atoms with van der Waals surface area (Å²) < 4.78 is 1.98. The van der Waals surface area contributed by atoms with Gasteiger partial charge in [-0.2, -0.15) is 0 Å². The van der Waals surface area contributed by atoms with Gasteiger partial charge in [-0.25, -0.2) is 4.98 Å². The van der Waals surface area contributed by atoms with Gasteiger partial charge in [-0.05, 0) is 74.6 Å². The summed E-state index contributed by atoms with van der Waals surface area (Å²) in [5, 5.41) is 0. The Morgan fingerprint density at radius 2 is 1.74 bits per heavy atom. The minimum absolute atomic E-state index is 0.146. The average Bonchev–Trinajstić information content (AvgIpc) is 3.22. The van der Waals surface area contributed by atoms with Crippen molar-refractivity contribution in [1.29, 1.82) is 0 Å². The van der Waals surface area contributed by atoms with E-state index in [1.807, 2.05) is 28.5 Å². The summed E-state index contributed by atoms with van der Waals surface area (Å²) in [5.41, 5.74) is 5.06. The molecule has 1 amide bonds. The fourth-order valence-corrected chi connectivity index (χ4v) is 5.19. The highest BCUT2D eigenvalue weighted by Gasteiger charge is 2.24. The van der Waals surface area contributed by atoms with Crippen molar-refractivity contribution in [3.05, 3.63) is 75.2 Å². The van der Waals surface area contributed by atoms with Gasteiger partial charge < -0.3 is 9.47 Å². The van der Waals surface area contributed by atoms with Gasteiger partial charge in [0, 0.05) is 31.5 Å². The lowest BCUT2D eigenvalue weighted by molar-refractivity contribution is 0.0722. The number of pyridine rings is 2. The highest BCUT2D eigenvalue weighted by atomic mass is 16.2. The van der Waals surface area contributed by atoms with Crippen LogP contribution in [0.3, 0.4) is 0 Å². The molecule has 0 atom stereocenters. The van der Waals surface area contributed by atoms with Gasteiger partial charge in [-0.3, -0.25) is 9.59 Å². The SMILES string of the molecule is CCn1cc(C(=O)N2CCCCC2)c(=O)c2nc(CC3Cc4ccccc4C3)ccc21. The van der Waals surface area contributed by atoms with Gasteiger partial charge in [-0.1, -0.05) is 24.3 Å². The lowest BCUT2D eigenvalue weighted by Gasteiger charge is -2.26. The van der Waals surface area contributed by atoms with Gasteiger partial charge in [0.15, 0.2) is 0 Å². The molecule has 0 unspecified atom stereocenters. The minimum Gasteiger partial charge on any atom is -0.345 e. The molecule has 5 heteroatoms. The van der Waals surface area contributed by atoms with Crippen LogP contribution < -0.4 is 5.43 Å². The summed E-state index contributed by atoms with van der Waals surface area (Å²) >= 11 is 0. The number of piperidine rings is 1. The van der Waals surface area contributed by atoms with Gasteiger partial charge >= 0.3 is 0 Å². The summed E-state index contributed by atoms with van der Waals surface area (Å²) in [6, 6.07) is 12.7. The Morgan fingerprint density at radius 1 is 1.03 bits per heavy atom. The fourth-order valence-electron chi connectivity index (χ4n) is 5.19. The van der Waals surface area contributed by atoms with Crippen LogP contribution in [-0.2, 0) is 25.8 Å². The summed E-state index contributed by atoms with van der Waals surface area (Å²) in [5.74, 6) is 0.362. The molecule has 0 radical (unpaired) electrons. The largest absolute Gasteiger partial charge is 0.345 e. The summed E-state index contributed by atoms with van der Waals surface area (Å²) in [6.07, 6.45) is 7.86. The fraction of sp³-hybridized carbons (Fsp3) is 0.423. The Hall–Kier alpha value is -2.95. The van der Waals surface area contributed by atoms with Crippen molar-refractivity contribution in [2.24, 2.45) is 5.92 Å². The van der Waals surface area contributed by atoms with Crippen molar-refractivity contribution in [2.45, 2.75) is 52.0 Å². The van der Waals surface area contributed by atoms with Crippen molar-refractivity contribution < 1.29 is 4.79 Å². The monoisotopic (exact) mass is 415 g/mol. The van der Waals surface area contributed by atoms with E-state index >= 15 is 0 Å². The van der Waals surface area contributed by atoms with Crippen LogP contribution in [0.5, 0.6) is 0 Å². The number of nitrogens with zero attached hydrogens (tertiary/aromatic N) is 3. The molecule has 1 saturated heterocycles. The first-order valence-electron chi connectivity index (χ1n) is 11.5. The van der Waals surface area contributed by atoms with E-state index in [0.717, 1.165) is 62.8 Å². The predicted octanol–water partition coefficient (Wildman–Crippen LogP) is 4.00. The van der Waals surface area contributed by atoms with E-state index in [1.165, 1.54) is 11.1 Å². The van der Waals surface area contributed by atoms with Gasteiger partial charge in [0.1, 0.15) is 11.1 Å². The van der Waals surface area contributed by atoms with E-state index in [-0.39, 0.29) is 16.9 Å². The van der Waals surface area contributed by atoms with Crippen LogP contribution in [0.1, 0.15) is 53.4 Å². The molecule has 5 rings (SSSR count). The second-order valence-corrected chi connectivity index (χ2v) is 8.93. The zero-order chi connectivity index (χ0) is 21.4. The molecule has 0 saturated carbocycles. The van der Waals surface area contributed by atoms with Gasteiger partial charge in [0.2, 0.25) is 5.43 Å². The molecule has 1 fully saturated rings. The first-order valence-corrected chi connectivity index (χ1v) is 11.5. The van der Waals surface area contributed by atoms with Gasteiger partial charge in [-0.15, -0.1) is 0 Å². The third-order valence-corrected chi connectivity index (χ3v) is 6.83. The molecule has 1 aromatic carbocycles. The van der Waals surface area contributed by atoms with Gasteiger partial charge in [0.05, 0.1) is 5.52 Å². The molecule has 2 aliphatic rings. The maximum absolute atomic E-state index is 13.3. The first kappa shape index (κ1) is 20.0. The number of carbonyl (C=O) groups is 1. The van der Waals surface area contributed by atoms with Crippen LogP contribution in [0.4, 0.5) is 0 Å². The average molecular weight is 416 g/mol. The number of aryl methyl sites for hydroxylation is 1. The number of benzene rings is 1. The predicted molar refractivity (Wildman–Crippen MR) is 122 cm³/mol. The van der Waals surface area contributed by atoms with E-state index in [2.05, 4.69) is 24.3 Å². The number of aromatic nitrogens is 2. The van der Waals surface area contributed by atoms with Crippen molar-refractivity contribution in [3.8, 4) is 0 Å². The Balaban J connectivity index is 1.48. The molecule has 2 aromatic heterocycles. The number of amides is 1. The Kier molecular flexibility index (Phi) is 5.34. The zero-order valence-electron chi connectivity index (χ0n) is 18.1. The normalized spacial score (nSPS) is 16.6. The summed E-state index contributed by atoms with van der Waals surface area (Å²) in [7, 11) is 0. The van der Waals surface area contributed by atoms with E-state index in [9.17, 15) is 9.59 Å². The number of hydrogen-bond donors (Lipinski definition) is 0. The molecule has 3 heterocycles. The molecule has 1 aliphatic heterocycles. The molecular weight excluding hydrogens is 386 g/mol. The van der Waals surface area contributed by atoms with E-state index in [4.69, 9.17) is 4.98 Å². The van der Waals surface area contributed by atoms with Crippen molar-refractivity contribution >= 4 is 16.9 Å². The lowest BCUT2D eigenvalue weighted by Crippen LogP contribution is -2.38. The molecule has 160 valence electrons. The molecule has 1 aliphatic carbocycles. The molecular formula is C26H29N3O2. The maximum atomic E-state index is 13.3. The molecule has 0 bridgehead atoms. The molecule has 3 aromatic rings. The summed E-state index contributed by atoms with van der Waals surface area (Å²) in [4.78, 5) is 33.1. The number of carbonyl (C=O) groups excluding carboxylic acids is 1. The lowest BCUT2D eigenvalue weighted by atomic mass is 9.99. The summed E-state index contributed by atoms with van der Waals surface area (Å²) in [6.45, 7) is 4.19. The zero-order valence-corrected chi connectivity index (χ0v) is 18.1. The molecule has 0 N–H and O–H groups in total. The van der Waals surface area contributed by atoms with Gasteiger partial charge in [0.25, 0.3) is 5.91 Å². The second kappa shape index (κ2) is 8.29. The highest BCUT2D eigenvalue weighted by molar-refractivity contribution is 5.96. The topological polar surface area (TPSA) is 55.2 Å². The van der Waals surface area contributed by atoms with E-state index in [0.29, 0.717) is 18.0 Å². The molecule has 31 heavy (non-hydrogen) atoms. The highest BCUT2D eigenvalue weighted by Crippen LogP contribution is 2.29. The third-order valence-electron chi connectivity index (χ3n) is 6.83. The molecule has 0 spiro atoms. The van der Waals surface area contributed by atoms with Crippen molar-refractivity contribution in [1.82, 2.24) is 14.5 Å². The van der Waals surface area contributed by atoms with Crippen LogP contribution in [0.15, 0.2) is 47.4 Å². The minimum atomic E-state index is -0.230. The van der Waals surface area contributed by atoms with Crippen LogP contribution in [-0.4, -0.2) is 33.4 Å². The van der Waals surface area contributed by atoms with Crippen molar-refractivity contribution in [2.75, 3.05) is 13.1 Å². The standard InChI is InChI=1S/C26H29N3O2/c1-2-28-17-22(26(31)29-12-6-3-7-13-29)25(30)24-23(28)11-10-21(27-24)16-18-14-19-8-4-5-9-20(19)15-18/h4-5,8-11,17-18H,2-3,6-7,12-16H2,1H3. The quantitative estimate of drug-likeness (QED) is 0.647. The molecule has 5 nitrogen and oxygen atoms in total. The van der Waals surface area contributed by atoms with Crippen LogP contribution >= 0.6 is 0 Å². The second-order valence-electron chi connectivity index (χ2n) is 8.93. The van der Waals surface area contributed by atoms with E-state index < -0.39 is 0 Å². The number of rotatable bonds is 4. The van der Waals surface area contributed by atoms with Crippen LogP contribution in [0, 0.1) is 5.92 Å². The van der Waals surface area contributed by atoms with E-state index in [1.54, 1.807) is 6.20 Å². The van der Waals surface area contributed by atoms with Crippen LogP contribution in [0.25, 0.3) is 11.0 Å². The Labute approximate surface area is 182 Å². The first-order chi connectivity index (χ1) is 15.1.